The van der Waals surface area contributed by atoms with Crippen molar-refractivity contribution in [3.63, 3.8) is 0 Å². The third-order valence-corrected chi connectivity index (χ3v) is 6.74. The number of hydrogen-bond acceptors (Lipinski definition) is 7. The minimum Gasteiger partial charge on any atom is -0.425 e. The number of nitrogens with one attached hydrogen (secondary N) is 1. The molecule has 0 radical (unpaired) electrons. The van der Waals surface area contributed by atoms with Gasteiger partial charge in [-0.05, 0) is 58.4 Å². The second-order valence-electron chi connectivity index (χ2n) is 7.49. The number of anilines is 2. The lowest BCUT2D eigenvalue weighted by Crippen LogP contribution is -2.41. The summed E-state index contributed by atoms with van der Waals surface area (Å²) >= 11 is 4.86. The summed E-state index contributed by atoms with van der Waals surface area (Å²) in [5.41, 5.74) is 1.19. The number of likely N-dealkylation sites (tertiary alicyclic amines) is 1. The Bertz CT molecular complexity index is 1060. The normalized spacial score (nSPS) is 21.0. The van der Waals surface area contributed by atoms with Crippen LogP contribution in [-0.2, 0) is 19.1 Å². The molecule has 3 amide bonds. The van der Waals surface area contributed by atoms with E-state index in [-0.39, 0.29) is 31.4 Å². The number of β-amino-alcohol motifs (C(OH)–C–C–N with tert-alkyl or cyclic N) is 1. The summed E-state index contributed by atoms with van der Waals surface area (Å²) in [5, 5.41) is 12.6. The highest BCUT2D eigenvalue weighted by molar-refractivity contribution is 9.11. The molecule has 9 nitrogen and oxygen atoms in total. The standard InChI is InChI=1S/C22H22BrN3O6S/c23-18-7-5-17(33-18)6-8-19(28)26-12-16(27)11-21(26)32-22(30)24-14-1-3-15(4-2-14)25-9-10-31-13-20(25)29/h1-8,16,21,27H,9-13H2,(H,24,30)/b8-6+/t16-,21-/m1/s1. The first-order chi connectivity index (χ1) is 15.9. The van der Waals surface area contributed by atoms with E-state index < -0.39 is 18.4 Å². The van der Waals surface area contributed by atoms with E-state index in [2.05, 4.69) is 21.2 Å². The summed E-state index contributed by atoms with van der Waals surface area (Å²) < 4.78 is 11.5. The molecule has 2 saturated heterocycles. The molecular weight excluding hydrogens is 514 g/mol. The number of hydrogen-bond donors (Lipinski definition) is 2. The maximum atomic E-state index is 12.6. The molecule has 4 rings (SSSR count). The number of rotatable bonds is 5. The smallest absolute Gasteiger partial charge is 0.413 e. The fourth-order valence-electron chi connectivity index (χ4n) is 3.58. The molecule has 2 aromatic rings. The number of benzene rings is 1. The van der Waals surface area contributed by atoms with Crippen molar-refractivity contribution in [3.05, 3.63) is 51.1 Å². The average Bonchev–Trinajstić information content (AvgIpc) is 3.37. The van der Waals surface area contributed by atoms with Crippen LogP contribution >= 0.6 is 27.3 Å². The van der Waals surface area contributed by atoms with Crippen molar-refractivity contribution in [2.75, 3.05) is 36.5 Å². The van der Waals surface area contributed by atoms with Crippen molar-refractivity contribution in [1.82, 2.24) is 4.90 Å². The van der Waals surface area contributed by atoms with Crippen molar-refractivity contribution in [1.29, 1.82) is 0 Å². The third kappa shape index (κ3) is 5.99. The van der Waals surface area contributed by atoms with Gasteiger partial charge in [0, 0.05) is 35.3 Å². The fourth-order valence-corrected chi connectivity index (χ4v) is 4.90. The van der Waals surface area contributed by atoms with Crippen LogP contribution in [0.4, 0.5) is 16.2 Å². The Morgan fingerprint density at radius 3 is 2.73 bits per heavy atom. The molecule has 1 aromatic carbocycles. The Morgan fingerprint density at radius 2 is 2.03 bits per heavy atom. The molecule has 0 aliphatic carbocycles. The van der Waals surface area contributed by atoms with E-state index >= 15 is 0 Å². The number of nitrogens with zero attached hydrogens (tertiary/aromatic N) is 2. The second kappa shape index (κ2) is 10.5. The molecule has 11 heteroatoms. The van der Waals surface area contributed by atoms with Gasteiger partial charge in [0.25, 0.3) is 5.91 Å². The first-order valence-corrected chi connectivity index (χ1v) is 11.9. The number of morpholine rings is 1. The number of carbonyl (C=O) groups is 3. The monoisotopic (exact) mass is 535 g/mol. The molecule has 1 aromatic heterocycles. The summed E-state index contributed by atoms with van der Waals surface area (Å²) in [6, 6.07) is 10.5. The van der Waals surface area contributed by atoms with E-state index in [1.54, 1.807) is 35.2 Å². The number of aliphatic hydroxyl groups is 1. The molecule has 0 unspecified atom stereocenters. The predicted octanol–water partition coefficient (Wildman–Crippen LogP) is 3.06. The topological polar surface area (TPSA) is 108 Å². The molecule has 2 fully saturated rings. The quantitative estimate of drug-likeness (QED) is 0.569. The van der Waals surface area contributed by atoms with Crippen LogP contribution in [0.25, 0.3) is 6.08 Å². The second-order valence-corrected chi connectivity index (χ2v) is 9.98. The van der Waals surface area contributed by atoms with Crippen molar-refractivity contribution in [3.8, 4) is 0 Å². The third-order valence-electron chi connectivity index (χ3n) is 5.15. The van der Waals surface area contributed by atoms with E-state index in [1.807, 2.05) is 12.1 Å². The lowest BCUT2D eigenvalue weighted by atomic mass is 10.2. The molecular formula is C22H22BrN3O6S. The van der Waals surface area contributed by atoms with Crippen LogP contribution < -0.4 is 10.2 Å². The molecule has 2 aliphatic heterocycles. The van der Waals surface area contributed by atoms with Gasteiger partial charge in [-0.3, -0.25) is 14.9 Å². The maximum Gasteiger partial charge on any atom is 0.413 e. The minimum atomic E-state index is -0.877. The van der Waals surface area contributed by atoms with Gasteiger partial charge in [0.15, 0.2) is 6.23 Å². The van der Waals surface area contributed by atoms with Crippen LogP contribution in [0.1, 0.15) is 11.3 Å². The van der Waals surface area contributed by atoms with E-state index in [0.717, 1.165) is 8.66 Å². The molecule has 0 spiro atoms. The number of thiophene rings is 1. The van der Waals surface area contributed by atoms with E-state index in [4.69, 9.17) is 9.47 Å². The molecule has 2 atom stereocenters. The van der Waals surface area contributed by atoms with Crippen molar-refractivity contribution in [2.45, 2.75) is 18.8 Å². The molecule has 0 bridgehead atoms. The van der Waals surface area contributed by atoms with Crippen molar-refractivity contribution < 1.29 is 29.0 Å². The molecule has 33 heavy (non-hydrogen) atoms. The highest BCUT2D eigenvalue weighted by Crippen LogP contribution is 2.25. The number of ether oxygens (including phenoxy) is 2. The molecule has 174 valence electrons. The van der Waals surface area contributed by atoms with Gasteiger partial charge in [-0.2, -0.15) is 0 Å². The van der Waals surface area contributed by atoms with Gasteiger partial charge in [0.05, 0.1) is 23.0 Å². The van der Waals surface area contributed by atoms with E-state index in [0.29, 0.717) is 24.5 Å². The van der Waals surface area contributed by atoms with Gasteiger partial charge in [-0.15, -0.1) is 11.3 Å². The Balaban J connectivity index is 1.34. The van der Waals surface area contributed by atoms with Crippen molar-refractivity contribution >= 4 is 62.6 Å². The fraction of sp³-hybridized carbons (Fsp3) is 0.318. The molecule has 2 aliphatic rings. The predicted molar refractivity (Wildman–Crippen MR) is 127 cm³/mol. The zero-order valence-corrected chi connectivity index (χ0v) is 19.9. The number of amides is 3. The number of aliphatic hydroxyl groups excluding tert-OH is 1. The first-order valence-electron chi connectivity index (χ1n) is 10.3. The molecule has 3 heterocycles. The van der Waals surface area contributed by atoms with Gasteiger partial charge >= 0.3 is 6.09 Å². The van der Waals surface area contributed by atoms with Gasteiger partial charge in [0.2, 0.25) is 5.91 Å². The summed E-state index contributed by atoms with van der Waals surface area (Å²) in [6.07, 6.45) is 0.818. The van der Waals surface area contributed by atoms with Gasteiger partial charge in [-0.25, -0.2) is 4.79 Å². The van der Waals surface area contributed by atoms with Crippen LogP contribution in [0.2, 0.25) is 0 Å². The SMILES string of the molecule is O=C(Nc1ccc(N2CCOCC2=O)cc1)O[C@@H]1C[C@@H](O)CN1C(=O)/C=C/c1ccc(Br)s1. The van der Waals surface area contributed by atoms with Crippen molar-refractivity contribution in [2.24, 2.45) is 0 Å². The van der Waals surface area contributed by atoms with Gasteiger partial charge in [0.1, 0.15) is 6.61 Å². The summed E-state index contributed by atoms with van der Waals surface area (Å²) in [5.74, 6) is -0.472. The van der Waals surface area contributed by atoms with Crippen LogP contribution in [0, 0.1) is 0 Å². The largest absolute Gasteiger partial charge is 0.425 e. The number of carbonyl (C=O) groups excluding carboxylic acids is 3. The zero-order valence-electron chi connectivity index (χ0n) is 17.5. The van der Waals surface area contributed by atoms with Crippen LogP contribution in [0.3, 0.4) is 0 Å². The van der Waals surface area contributed by atoms with Crippen LogP contribution in [0.15, 0.2) is 46.3 Å². The van der Waals surface area contributed by atoms with Crippen LogP contribution in [-0.4, -0.2) is 66.5 Å². The van der Waals surface area contributed by atoms with E-state index in [9.17, 15) is 19.5 Å². The summed E-state index contributed by atoms with van der Waals surface area (Å²) in [4.78, 5) is 40.8. The van der Waals surface area contributed by atoms with Gasteiger partial charge < -0.3 is 24.4 Å². The zero-order chi connectivity index (χ0) is 23.4. The Hall–Kier alpha value is -2.73. The Morgan fingerprint density at radius 1 is 1.24 bits per heavy atom. The number of halogens is 1. The Kier molecular flexibility index (Phi) is 7.43. The molecule has 0 saturated carbocycles. The first kappa shape index (κ1) is 23.4. The van der Waals surface area contributed by atoms with E-state index in [1.165, 1.54) is 22.3 Å². The molecule has 2 N–H and O–H groups in total. The average molecular weight is 536 g/mol. The van der Waals surface area contributed by atoms with Crippen LogP contribution in [0.5, 0.6) is 0 Å². The minimum absolute atomic E-state index is 0.0504. The lowest BCUT2D eigenvalue weighted by molar-refractivity contribution is -0.132. The summed E-state index contributed by atoms with van der Waals surface area (Å²) in [6.45, 7) is 1.08. The maximum absolute atomic E-state index is 12.6. The van der Waals surface area contributed by atoms with Gasteiger partial charge in [-0.1, -0.05) is 0 Å². The highest BCUT2D eigenvalue weighted by atomic mass is 79.9. The highest BCUT2D eigenvalue weighted by Gasteiger charge is 2.36. The Labute approximate surface area is 202 Å². The lowest BCUT2D eigenvalue weighted by Gasteiger charge is -2.27. The summed E-state index contributed by atoms with van der Waals surface area (Å²) in [7, 11) is 0.